The van der Waals surface area contributed by atoms with E-state index in [1.54, 1.807) is 30.5 Å². The highest BCUT2D eigenvalue weighted by Crippen LogP contribution is 2.34. The van der Waals surface area contributed by atoms with E-state index in [4.69, 9.17) is 20.8 Å². The highest BCUT2D eigenvalue weighted by Gasteiger charge is 2.31. The summed E-state index contributed by atoms with van der Waals surface area (Å²) < 4.78 is 12.0. The van der Waals surface area contributed by atoms with Gasteiger partial charge in [0.1, 0.15) is 23.1 Å². The van der Waals surface area contributed by atoms with Crippen LogP contribution >= 0.6 is 11.6 Å². The van der Waals surface area contributed by atoms with E-state index in [1.807, 2.05) is 12.1 Å². The molecular formula is C21H15ClN2O4. The lowest BCUT2D eigenvalue weighted by Gasteiger charge is -2.26. The van der Waals surface area contributed by atoms with Crippen molar-refractivity contribution in [3.05, 3.63) is 80.6 Å². The second-order valence-corrected chi connectivity index (χ2v) is 6.94. The molecule has 1 aliphatic rings. The van der Waals surface area contributed by atoms with E-state index in [2.05, 4.69) is 0 Å². The maximum atomic E-state index is 13.0. The summed E-state index contributed by atoms with van der Waals surface area (Å²) >= 11 is 6.24. The van der Waals surface area contributed by atoms with Crippen molar-refractivity contribution < 1.29 is 13.9 Å². The van der Waals surface area contributed by atoms with E-state index in [9.17, 15) is 14.9 Å². The Balaban J connectivity index is 1.95. The normalized spacial score (nSPS) is 15.8. The number of methoxy groups -OCH3 is 1. The number of pyridine rings is 1. The van der Waals surface area contributed by atoms with Gasteiger partial charge in [0.25, 0.3) is 5.56 Å². The summed E-state index contributed by atoms with van der Waals surface area (Å²) in [5.41, 5.74) is 0.816. The van der Waals surface area contributed by atoms with Gasteiger partial charge in [-0.05, 0) is 42.8 Å². The highest BCUT2D eigenvalue weighted by atomic mass is 35.5. The summed E-state index contributed by atoms with van der Waals surface area (Å²) in [7, 11) is 1.50. The first-order valence-corrected chi connectivity index (χ1v) is 9.00. The Morgan fingerprint density at radius 1 is 1.25 bits per heavy atom. The molecule has 0 fully saturated rings. The van der Waals surface area contributed by atoms with Crippen molar-refractivity contribution in [1.82, 2.24) is 4.57 Å². The van der Waals surface area contributed by atoms with Crippen LogP contribution in [-0.4, -0.2) is 17.5 Å². The van der Waals surface area contributed by atoms with Crippen LogP contribution in [0.15, 0.2) is 51.9 Å². The number of carbonyl (C=O) groups excluding carboxylic acids is 1. The topological polar surface area (TPSA) is 85.2 Å². The molecule has 2 aromatic heterocycles. The summed E-state index contributed by atoms with van der Waals surface area (Å²) in [6, 6.07) is 11.8. The van der Waals surface area contributed by atoms with E-state index < -0.39 is 5.56 Å². The number of hydrogen-bond acceptors (Lipinski definition) is 5. The molecule has 3 aromatic rings. The van der Waals surface area contributed by atoms with Crippen LogP contribution in [0, 0.1) is 11.3 Å². The molecule has 0 radical (unpaired) electrons. The van der Waals surface area contributed by atoms with Gasteiger partial charge in [-0.3, -0.25) is 14.2 Å². The number of rotatable bonds is 3. The number of hydrogen-bond donors (Lipinski definition) is 0. The Bertz CT molecular complexity index is 1170. The SMILES string of the molecule is COc1ccc(-n2c3c(cc(C#N)c2=O)C(=O)C[C@@H](c2ccco2)C3)cc1Cl. The van der Waals surface area contributed by atoms with Gasteiger partial charge < -0.3 is 9.15 Å². The van der Waals surface area contributed by atoms with Gasteiger partial charge in [0.2, 0.25) is 0 Å². The summed E-state index contributed by atoms with van der Waals surface area (Å²) in [6.07, 6.45) is 2.25. The monoisotopic (exact) mass is 394 g/mol. The number of aromatic nitrogens is 1. The fourth-order valence-corrected chi connectivity index (χ4v) is 3.86. The number of ketones is 1. The van der Waals surface area contributed by atoms with Crippen LogP contribution in [0.3, 0.4) is 0 Å². The van der Waals surface area contributed by atoms with E-state index >= 15 is 0 Å². The average molecular weight is 395 g/mol. The van der Waals surface area contributed by atoms with Crippen molar-refractivity contribution >= 4 is 17.4 Å². The molecule has 4 rings (SSSR count). The molecule has 0 unspecified atom stereocenters. The third-order valence-electron chi connectivity index (χ3n) is 4.93. The van der Waals surface area contributed by atoms with Gasteiger partial charge >= 0.3 is 0 Å². The van der Waals surface area contributed by atoms with Gasteiger partial charge in [0.15, 0.2) is 5.78 Å². The molecule has 0 amide bonds. The molecule has 0 N–H and O–H groups in total. The third kappa shape index (κ3) is 2.90. The zero-order valence-corrected chi connectivity index (χ0v) is 15.7. The first kappa shape index (κ1) is 18.1. The number of ether oxygens (including phenoxy) is 1. The number of fused-ring (bicyclic) bond motifs is 1. The molecule has 0 spiro atoms. The molecule has 2 heterocycles. The minimum absolute atomic E-state index is 0.0875. The van der Waals surface area contributed by atoms with E-state index in [0.29, 0.717) is 39.9 Å². The molecule has 28 heavy (non-hydrogen) atoms. The summed E-state index contributed by atoms with van der Waals surface area (Å²) in [6.45, 7) is 0. The van der Waals surface area contributed by atoms with Crippen LogP contribution in [0.4, 0.5) is 0 Å². The van der Waals surface area contributed by atoms with E-state index in [0.717, 1.165) is 0 Å². The fourth-order valence-electron chi connectivity index (χ4n) is 3.61. The molecule has 0 bridgehead atoms. The zero-order chi connectivity index (χ0) is 19.8. The van der Waals surface area contributed by atoms with Crippen LogP contribution in [-0.2, 0) is 6.42 Å². The second kappa shape index (κ2) is 7.02. The number of carbonyl (C=O) groups is 1. The van der Waals surface area contributed by atoms with Gasteiger partial charge in [0, 0.05) is 23.6 Å². The number of furan rings is 1. The maximum Gasteiger partial charge on any atom is 0.273 e. The van der Waals surface area contributed by atoms with Crippen molar-refractivity contribution in [2.75, 3.05) is 7.11 Å². The van der Waals surface area contributed by atoms with Crippen molar-refractivity contribution in [3.8, 4) is 17.5 Å². The Labute approximate surface area is 165 Å². The summed E-state index contributed by atoms with van der Waals surface area (Å²) in [5.74, 6) is 0.846. The van der Waals surface area contributed by atoms with Gasteiger partial charge in [-0.2, -0.15) is 5.26 Å². The van der Waals surface area contributed by atoms with Crippen LogP contribution in [0.5, 0.6) is 5.75 Å². The van der Waals surface area contributed by atoms with Crippen molar-refractivity contribution in [2.24, 2.45) is 0 Å². The molecule has 1 aromatic carbocycles. The molecule has 6 nitrogen and oxygen atoms in total. The molecule has 0 saturated carbocycles. The lowest BCUT2D eigenvalue weighted by atomic mass is 9.83. The molecular weight excluding hydrogens is 380 g/mol. The van der Waals surface area contributed by atoms with Gasteiger partial charge in [0.05, 0.1) is 24.1 Å². The summed E-state index contributed by atoms with van der Waals surface area (Å²) in [4.78, 5) is 25.8. The van der Waals surface area contributed by atoms with Crippen molar-refractivity contribution in [1.29, 1.82) is 5.26 Å². The van der Waals surface area contributed by atoms with Gasteiger partial charge in [-0.15, -0.1) is 0 Å². The predicted molar refractivity (Wildman–Crippen MR) is 102 cm³/mol. The Morgan fingerprint density at radius 3 is 2.71 bits per heavy atom. The Hall–Kier alpha value is -3.30. The first-order chi connectivity index (χ1) is 13.5. The van der Waals surface area contributed by atoms with Crippen LogP contribution < -0.4 is 10.3 Å². The predicted octanol–water partition coefficient (Wildman–Crippen LogP) is 3.88. The van der Waals surface area contributed by atoms with E-state index in [1.165, 1.54) is 17.7 Å². The summed E-state index contributed by atoms with van der Waals surface area (Å²) in [5, 5.41) is 9.71. The van der Waals surface area contributed by atoms with Gasteiger partial charge in [-0.25, -0.2) is 0 Å². The Kier molecular flexibility index (Phi) is 4.54. The maximum absolute atomic E-state index is 13.0. The number of Topliss-reactive ketones (excluding diaryl/α,β-unsaturated/α-hetero) is 1. The number of nitrogens with zero attached hydrogens (tertiary/aromatic N) is 2. The largest absolute Gasteiger partial charge is 0.495 e. The minimum atomic E-state index is -0.490. The van der Waals surface area contributed by atoms with Crippen molar-refractivity contribution in [2.45, 2.75) is 18.8 Å². The number of benzene rings is 1. The quantitative estimate of drug-likeness (QED) is 0.673. The van der Waals surface area contributed by atoms with Crippen LogP contribution in [0.25, 0.3) is 5.69 Å². The number of halogens is 1. The van der Waals surface area contributed by atoms with Gasteiger partial charge in [-0.1, -0.05) is 11.6 Å². The fraction of sp³-hybridized carbons (Fsp3) is 0.190. The highest BCUT2D eigenvalue weighted by molar-refractivity contribution is 6.32. The third-order valence-corrected chi connectivity index (χ3v) is 5.23. The van der Waals surface area contributed by atoms with Crippen LogP contribution in [0.1, 0.15) is 39.7 Å². The lowest BCUT2D eigenvalue weighted by Crippen LogP contribution is -2.31. The average Bonchev–Trinajstić information content (AvgIpc) is 3.22. The Morgan fingerprint density at radius 2 is 2.07 bits per heavy atom. The second-order valence-electron chi connectivity index (χ2n) is 6.53. The zero-order valence-electron chi connectivity index (χ0n) is 14.9. The minimum Gasteiger partial charge on any atom is -0.495 e. The molecule has 0 aliphatic heterocycles. The molecule has 1 atom stereocenters. The lowest BCUT2D eigenvalue weighted by molar-refractivity contribution is 0.0958. The van der Waals surface area contributed by atoms with Crippen molar-refractivity contribution in [3.63, 3.8) is 0 Å². The standard InChI is InChI=1S/C21H15ClN2O4/c1-27-20-5-4-14(10-16(20)22)24-17-8-12(19-3-2-6-28-19)9-18(25)15(17)7-13(11-23)21(24)26/h2-7,10,12H,8-9H2,1H3/t12-/m0/s1. The van der Waals surface area contributed by atoms with Crippen LogP contribution in [0.2, 0.25) is 5.02 Å². The molecule has 140 valence electrons. The van der Waals surface area contributed by atoms with E-state index in [-0.39, 0.29) is 23.7 Å². The molecule has 0 saturated heterocycles. The molecule has 7 heteroatoms. The first-order valence-electron chi connectivity index (χ1n) is 8.63. The molecule has 1 aliphatic carbocycles. The smallest absolute Gasteiger partial charge is 0.273 e. The number of nitriles is 1.